The predicted molar refractivity (Wildman–Crippen MR) is 73.1 cm³/mol. The van der Waals surface area contributed by atoms with Crippen LogP contribution in [0.3, 0.4) is 0 Å². The normalized spacial score (nSPS) is 14.4. The molecule has 0 fully saturated rings. The van der Waals surface area contributed by atoms with E-state index < -0.39 is 12.2 Å². The van der Waals surface area contributed by atoms with Gasteiger partial charge < -0.3 is 10.2 Å². The summed E-state index contributed by atoms with van der Waals surface area (Å²) in [6.07, 6.45) is -0.0136. The number of halogens is 1. The van der Waals surface area contributed by atoms with Crippen LogP contribution in [0.25, 0.3) is 5.69 Å². The molecule has 1 aromatic carbocycles. The number of hydrogen-bond donors (Lipinski definition) is 2. The number of rotatable bonds is 4. The van der Waals surface area contributed by atoms with Gasteiger partial charge in [0.25, 0.3) is 0 Å². The van der Waals surface area contributed by atoms with Crippen LogP contribution in [0.5, 0.6) is 0 Å². The fourth-order valence-corrected chi connectivity index (χ4v) is 2.12. The highest BCUT2D eigenvalue weighted by molar-refractivity contribution is 9.09. The van der Waals surface area contributed by atoms with Gasteiger partial charge in [-0.2, -0.15) is 5.10 Å². The maximum atomic E-state index is 10.00. The van der Waals surface area contributed by atoms with E-state index >= 15 is 0 Å². The SMILES string of the molecule is Cc1nn(-c2ccccc2)cc1C(O)C(O)CBr. The number of nitrogens with zero attached hydrogens (tertiary/aromatic N) is 2. The van der Waals surface area contributed by atoms with Gasteiger partial charge in [-0.3, -0.25) is 0 Å². The number of aromatic nitrogens is 2. The maximum Gasteiger partial charge on any atom is 0.109 e. The predicted octanol–water partition coefficient (Wildman–Crippen LogP) is 1.97. The van der Waals surface area contributed by atoms with Crippen LogP contribution < -0.4 is 0 Å². The molecule has 2 atom stereocenters. The molecule has 5 heteroatoms. The Morgan fingerprint density at radius 2 is 1.94 bits per heavy atom. The van der Waals surface area contributed by atoms with Gasteiger partial charge in [0.2, 0.25) is 0 Å². The lowest BCUT2D eigenvalue weighted by molar-refractivity contribution is 0.0338. The minimum Gasteiger partial charge on any atom is -0.389 e. The van der Waals surface area contributed by atoms with E-state index in [0.717, 1.165) is 5.69 Å². The molecule has 96 valence electrons. The first kappa shape index (κ1) is 13.3. The summed E-state index contributed by atoms with van der Waals surface area (Å²) in [5.41, 5.74) is 2.28. The number of benzene rings is 1. The van der Waals surface area contributed by atoms with Gasteiger partial charge in [0.05, 0.1) is 17.5 Å². The van der Waals surface area contributed by atoms with Crippen LogP contribution in [-0.2, 0) is 0 Å². The van der Waals surface area contributed by atoms with Crippen molar-refractivity contribution in [2.24, 2.45) is 0 Å². The van der Waals surface area contributed by atoms with E-state index in [2.05, 4.69) is 21.0 Å². The average molecular weight is 311 g/mol. The van der Waals surface area contributed by atoms with Gasteiger partial charge in [0.15, 0.2) is 0 Å². The Morgan fingerprint density at radius 1 is 1.28 bits per heavy atom. The Bertz CT molecular complexity index is 513. The zero-order chi connectivity index (χ0) is 13.1. The van der Waals surface area contributed by atoms with Crippen molar-refractivity contribution in [3.05, 3.63) is 47.8 Å². The number of aryl methyl sites for hydroxylation is 1. The van der Waals surface area contributed by atoms with E-state index in [1.165, 1.54) is 0 Å². The van der Waals surface area contributed by atoms with Crippen molar-refractivity contribution in [1.82, 2.24) is 9.78 Å². The summed E-state index contributed by atoms with van der Waals surface area (Å²) in [6.45, 7) is 1.82. The van der Waals surface area contributed by atoms with Gasteiger partial charge in [0, 0.05) is 17.1 Å². The van der Waals surface area contributed by atoms with Crippen LogP contribution in [0.4, 0.5) is 0 Å². The molecule has 2 rings (SSSR count). The summed E-state index contributed by atoms with van der Waals surface area (Å²) in [7, 11) is 0. The van der Waals surface area contributed by atoms with Crippen LogP contribution >= 0.6 is 15.9 Å². The second kappa shape index (κ2) is 5.65. The van der Waals surface area contributed by atoms with Crippen molar-refractivity contribution < 1.29 is 10.2 Å². The van der Waals surface area contributed by atoms with Crippen LogP contribution in [0.1, 0.15) is 17.4 Å². The standard InChI is InChI=1S/C13H15BrN2O2/c1-9-11(13(18)12(17)7-14)8-16(15-9)10-5-3-2-4-6-10/h2-6,8,12-13,17-18H,7H2,1H3. The lowest BCUT2D eigenvalue weighted by Gasteiger charge is -2.14. The van der Waals surface area contributed by atoms with Crippen LogP contribution in [0.15, 0.2) is 36.5 Å². The smallest absolute Gasteiger partial charge is 0.109 e. The first-order valence-corrected chi connectivity index (χ1v) is 6.79. The third kappa shape index (κ3) is 2.63. The van der Waals surface area contributed by atoms with Gasteiger partial charge >= 0.3 is 0 Å². The lowest BCUT2D eigenvalue weighted by atomic mass is 10.1. The highest BCUT2D eigenvalue weighted by atomic mass is 79.9. The van der Waals surface area contributed by atoms with Gasteiger partial charge in [-0.05, 0) is 19.1 Å². The summed E-state index contributed by atoms with van der Waals surface area (Å²) in [5, 5.41) is 24.3. The van der Waals surface area contributed by atoms with E-state index in [4.69, 9.17) is 0 Å². The molecule has 0 spiro atoms. The minimum atomic E-state index is -0.929. The molecule has 0 aliphatic rings. The molecular weight excluding hydrogens is 296 g/mol. The van der Waals surface area contributed by atoms with Crippen molar-refractivity contribution >= 4 is 15.9 Å². The molecule has 18 heavy (non-hydrogen) atoms. The molecule has 0 aliphatic carbocycles. The van der Waals surface area contributed by atoms with Gasteiger partial charge in [-0.15, -0.1) is 0 Å². The molecule has 2 aromatic rings. The quantitative estimate of drug-likeness (QED) is 0.849. The number of aliphatic hydroxyl groups excluding tert-OH is 2. The lowest BCUT2D eigenvalue weighted by Crippen LogP contribution is -2.19. The zero-order valence-electron chi connectivity index (χ0n) is 9.99. The Hall–Kier alpha value is -1.17. The molecule has 0 bridgehead atoms. The Morgan fingerprint density at radius 3 is 2.56 bits per heavy atom. The molecule has 0 amide bonds. The largest absolute Gasteiger partial charge is 0.389 e. The molecule has 1 heterocycles. The topological polar surface area (TPSA) is 58.3 Å². The Kier molecular flexibility index (Phi) is 4.16. The number of aliphatic hydroxyl groups is 2. The minimum absolute atomic E-state index is 0.324. The van der Waals surface area contributed by atoms with Crippen molar-refractivity contribution in [3.8, 4) is 5.69 Å². The molecule has 1 aromatic heterocycles. The average Bonchev–Trinajstić information content (AvgIpc) is 2.80. The molecule has 0 saturated heterocycles. The summed E-state index contributed by atoms with van der Waals surface area (Å²) in [5.74, 6) is 0. The summed E-state index contributed by atoms with van der Waals surface area (Å²) in [6, 6.07) is 9.66. The molecule has 2 N–H and O–H groups in total. The van der Waals surface area contributed by atoms with E-state index in [0.29, 0.717) is 16.6 Å². The van der Waals surface area contributed by atoms with E-state index in [-0.39, 0.29) is 0 Å². The third-order valence-corrected chi connectivity index (χ3v) is 3.46. The molecule has 0 saturated carbocycles. The Labute approximate surface area is 114 Å². The second-order valence-corrected chi connectivity index (χ2v) is 4.76. The highest BCUT2D eigenvalue weighted by Crippen LogP contribution is 2.22. The van der Waals surface area contributed by atoms with Crippen molar-refractivity contribution in [2.75, 3.05) is 5.33 Å². The fraction of sp³-hybridized carbons (Fsp3) is 0.308. The number of para-hydroxylation sites is 1. The zero-order valence-corrected chi connectivity index (χ0v) is 11.6. The number of alkyl halides is 1. The number of hydrogen-bond acceptors (Lipinski definition) is 3. The monoisotopic (exact) mass is 310 g/mol. The van der Waals surface area contributed by atoms with Crippen molar-refractivity contribution in [1.29, 1.82) is 0 Å². The van der Waals surface area contributed by atoms with Crippen LogP contribution in [0, 0.1) is 6.92 Å². The summed E-state index contributed by atoms with van der Waals surface area (Å²) < 4.78 is 1.70. The molecule has 0 aliphatic heterocycles. The molecule has 0 radical (unpaired) electrons. The maximum absolute atomic E-state index is 10.00. The van der Waals surface area contributed by atoms with Crippen molar-refractivity contribution in [3.63, 3.8) is 0 Å². The molecule has 4 nitrogen and oxygen atoms in total. The first-order chi connectivity index (χ1) is 8.63. The molecule has 2 unspecified atom stereocenters. The van der Waals surface area contributed by atoms with Gasteiger partial charge in [0.1, 0.15) is 6.10 Å². The van der Waals surface area contributed by atoms with E-state index in [1.54, 1.807) is 10.9 Å². The van der Waals surface area contributed by atoms with Crippen LogP contribution in [0.2, 0.25) is 0 Å². The van der Waals surface area contributed by atoms with E-state index in [1.807, 2.05) is 37.3 Å². The van der Waals surface area contributed by atoms with Crippen molar-refractivity contribution in [2.45, 2.75) is 19.1 Å². The second-order valence-electron chi connectivity index (χ2n) is 4.12. The fourth-order valence-electron chi connectivity index (χ4n) is 1.77. The summed E-state index contributed by atoms with van der Waals surface area (Å²) in [4.78, 5) is 0. The van der Waals surface area contributed by atoms with E-state index in [9.17, 15) is 10.2 Å². The summed E-state index contributed by atoms with van der Waals surface area (Å²) >= 11 is 3.15. The Balaban J connectivity index is 2.33. The molecular formula is C13H15BrN2O2. The van der Waals surface area contributed by atoms with Crippen LogP contribution in [-0.4, -0.2) is 31.4 Å². The third-order valence-electron chi connectivity index (χ3n) is 2.80. The highest BCUT2D eigenvalue weighted by Gasteiger charge is 2.21. The van der Waals surface area contributed by atoms with Gasteiger partial charge in [-0.1, -0.05) is 34.1 Å². The first-order valence-electron chi connectivity index (χ1n) is 5.67. The van der Waals surface area contributed by atoms with Gasteiger partial charge in [-0.25, -0.2) is 4.68 Å².